The second kappa shape index (κ2) is 9.36. The van der Waals surface area contributed by atoms with E-state index < -0.39 is 0 Å². The normalized spacial score (nSPS) is 18.1. The minimum absolute atomic E-state index is 0.0517. The number of hydrogen-bond acceptors (Lipinski definition) is 5. The van der Waals surface area contributed by atoms with Crippen LogP contribution >= 0.6 is 0 Å². The van der Waals surface area contributed by atoms with Gasteiger partial charge in [0.25, 0.3) is 0 Å². The van der Waals surface area contributed by atoms with Crippen LogP contribution in [0.4, 0.5) is 5.82 Å². The zero-order valence-electron chi connectivity index (χ0n) is 15.3. The van der Waals surface area contributed by atoms with E-state index in [2.05, 4.69) is 39.7 Å². The van der Waals surface area contributed by atoms with Crippen LogP contribution in [-0.2, 0) is 9.59 Å². The second-order valence-electron chi connectivity index (χ2n) is 6.89. The Hall–Kier alpha value is -2.15. The van der Waals surface area contributed by atoms with E-state index in [0.29, 0.717) is 25.6 Å². The van der Waals surface area contributed by atoms with Crippen LogP contribution < -0.4 is 16.0 Å². The fourth-order valence-corrected chi connectivity index (χ4v) is 2.94. The van der Waals surface area contributed by atoms with Gasteiger partial charge in [0.2, 0.25) is 11.8 Å². The first-order valence-electron chi connectivity index (χ1n) is 8.90. The van der Waals surface area contributed by atoms with E-state index in [1.54, 1.807) is 6.20 Å². The number of carbonyl (C=O) groups excluding carboxylic acids is 2. The monoisotopic (exact) mass is 347 g/mol. The number of nitrogens with zero attached hydrogens (tertiary/aromatic N) is 2. The molecule has 7 heteroatoms. The number of hydrogen-bond donors (Lipinski definition) is 3. The van der Waals surface area contributed by atoms with Gasteiger partial charge >= 0.3 is 0 Å². The molecule has 0 saturated carbocycles. The third-order valence-corrected chi connectivity index (χ3v) is 4.09. The Balaban J connectivity index is 1.75. The van der Waals surface area contributed by atoms with Crippen LogP contribution in [0.2, 0.25) is 0 Å². The standard InChI is InChI=1S/C18H29N5O2/c1-13(2)12-23-9-8-22-18(25)15(23)11-17(24)21-7-6-20-16-10-14(3)4-5-19-16/h4-5,10,13,15H,6-9,11-12H2,1-3H3,(H,19,20)(H,21,24)(H,22,25). The molecule has 2 heterocycles. The van der Waals surface area contributed by atoms with Crippen LogP contribution in [0.3, 0.4) is 0 Å². The van der Waals surface area contributed by atoms with Gasteiger partial charge in [-0.25, -0.2) is 4.98 Å². The highest BCUT2D eigenvalue weighted by molar-refractivity contribution is 5.88. The molecule has 0 aliphatic carbocycles. The molecule has 2 rings (SSSR count). The van der Waals surface area contributed by atoms with Gasteiger partial charge in [-0.2, -0.15) is 0 Å². The lowest BCUT2D eigenvalue weighted by Gasteiger charge is -2.35. The van der Waals surface area contributed by atoms with Crippen molar-refractivity contribution in [2.45, 2.75) is 33.2 Å². The summed E-state index contributed by atoms with van der Waals surface area (Å²) in [5.74, 6) is 1.10. The molecular weight excluding hydrogens is 318 g/mol. The summed E-state index contributed by atoms with van der Waals surface area (Å²) in [6, 6.07) is 3.52. The lowest BCUT2D eigenvalue weighted by molar-refractivity contribution is -0.134. The van der Waals surface area contributed by atoms with E-state index >= 15 is 0 Å². The van der Waals surface area contributed by atoms with E-state index in [0.717, 1.165) is 24.5 Å². The molecule has 1 fully saturated rings. The first kappa shape index (κ1) is 19.2. The summed E-state index contributed by atoms with van der Waals surface area (Å²) in [5, 5.41) is 8.90. The summed E-state index contributed by atoms with van der Waals surface area (Å²) in [4.78, 5) is 30.6. The van der Waals surface area contributed by atoms with Gasteiger partial charge in [0, 0.05) is 38.9 Å². The largest absolute Gasteiger partial charge is 0.368 e. The zero-order chi connectivity index (χ0) is 18.2. The molecule has 1 atom stereocenters. The van der Waals surface area contributed by atoms with Gasteiger partial charge in [0.05, 0.1) is 12.5 Å². The van der Waals surface area contributed by atoms with Crippen molar-refractivity contribution in [3.8, 4) is 0 Å². The van der Waals surface area contributed by atoms with Crippen molar-refractivity contribution >= 4 is 17.6 Å². The molecule has 1 aliphatic heterocycles. The molecule has 138 valence electrons. The van der Waals surface area contributed by atoms with Crippen LogP contribution in [0.25, 0.3) is 0 Å². The van der Waals surface area contributed by atoms with E-state index in [1.807, 2.05) is 19.1 Å². The molecule has 0 aromatic carbocycles. The lowest BCUT2D eigenvalue weighted by atomic mass is 10.1. The maximum Gasteiger partial charge on any atom is 0.237 e. The van der Waals surface area contributed by atoms with Gasteiger partial charge in [-0.15, -0.1) is 0 Å². The molecule has 1 aromatic heterocycles. The first-order valence-corrected chi connectivity index (χ1v) is 8.90. The summed E-state index contributed by atoms with van der Waals surface area (Å²) in [7, 11) is 0. The number of aryl methyl sites for hydroxylation is 1. The Morgan fingerprint density at radius 2 is 2.24 bits per heavy atom. The molecule has 0 radical (unpaired) electrons. The quantitative estimate of drug-likeness (QED) is 0.605. The molecule has 0 bridgehead atoms. The van der Waals surface area contributed by atoms with E-state index in [4.69, 9.17) is 0 Å². The number of nitrogens with one attached hydrogen (secondary N) is 3. The van der Waals surface area contributed by atoms with Crippen LogP contribution in [-0.4, -0.2) is 60.5 Å². The Bertz CT molecular complexity index is 591. The Morgan fingerprint density at radius 3 is 2.96 bits per heavy atom. The van der Waals surface area contributed by atoms with Gasteiger partial charge < -0.3 is 16.0 Å². The van der Waals surface area contributed by atoms with E-state index in [-0.39, 0.29) is 24.3 Å². The number of rotatable bonds is 8. The summed E-state index contributed by atoms with van der Waals surface area (Å²) in [5.41, 5.74) is 1.13. The summed E-state index contributed by atoms with van der Waals surface area (Å²) in [6.07, 6.45) is 1.95. The molecule has 7 nitrogen and oxygen atoms in total. The van der Waals surface area contributed by atoms with Crippen molar-refractivity contribution in [2.75, 3.05) is 38.0 Å². The SMILES string of the molecule is Cc1ccnc(NCCNC(=O)CC2C(=O)NCCN2CC(C)C)c1. The van der Waals surface area contributed by atoms with Gasteiger partial charge in [0.1, 0.15) is 5.82 Å². The van der Waals surface area contributed by atoms with Crippen molar-refractivity contribution in [1.82, 2.24) is 20.5 Å². The number of pyridine rings is 1. The fourth-order valence-electron chi connectivity index (χ4n) is 2.94. The molecule has 2 amide bonds. The van der Waals surface area contributed by atoms with Gasteiger partial charge in [-0.1, -0.05) is 13.8 Å². The molecule has 1 aliphatic rings. The predicted octanol–water partition coefficient (Wildman–Crippen LogP) is 0.765. The molecule has 0 spiro atoms. The van der Waals surface area contributed by atoms with Crippen molar-refractivity contribution in [3.63, 3.8) is 0 Å². The van der Waals surface area contributed by atoms with Crippen molar-refractivity contribution in [1.29, 1.82) is 0 Å². The third kappa shape index (κ3) is 6.34. The Kier molecular flexibility index (Phi) is 7.18. The minimum atomic E-state index is -0.373. The summed E-state index contributed by atoms with van der Waals surface area (Å²) < 4.78 is 0. The van der Waals surface area contributed by atoms with E-state index in [1.165, 1.54) is 0 Å². The maximum absolute atomic E-state index is 12.2. The van der Waals surface area contributed by atoms with Crippen LogP contribution in [0.5, 0.6) is 0 Å². The van der Waals surface area contributed by atoms with Crippen LogP contribution in [0.15, 0.2) is 18.3 Å². The Labute approximate surface area is 149 Å². The predicted molar refractivity (Wildman–Crippen MR) is 98.3 cm³/mol. The first-order chi connectivity index (χ1) is 12.0. The molecule has 1 aromatic rings. The maximum atomic E-state index is 12.2. The summed E-state index contributed by atoms with van der Waals surface area (Å²) >= 11 is 0. The highest BCUT2D eigenvalue weighted by atomic mass is 16.2. The molecule has 3 N–H and O–H groups in total. The van der Waals surface area contributed by atoms with Gasteiger partial charge in [0.15, 0.2) is 0 Å². The number of carbonyl (C=O) groups is 2. The number of aromatic nitrogens is 1. The third-order valence-electron chi connectivity index (χ3n) is 4.09. The minimum Gasteiger partial charge on any atom is -0.368 e. The molecule has 1 unspecified atom stereocenters. The number of anilines is 1. The zero-order valence-corrected chi connectivity index (χ0v) is 15.3. The second-order valence-corrected chi connectivity index (χ2v) is 6.89. The summed E-state index contributed by atoms with van der Waals surface area (Å²) in [6.45, 7) is 9.60. The molecular formula is C18H29N5O2. The lowest BCUT2D eigenvalue weighted by Crippen LogP contribution is -2.57. The topological polar surface area (TPSA) is 86.4 Å². The van der Waals surface area contributed by atoms with Crippen LogP contribution in [0, 0.1) is 12.8 Å². The average molecular weight is 347 g/mol. The number of amides is 2. The van der Waals surface area contributed by atoms with Crippen molar-refractivity contribution in [3.05, 3.63) is 23.9 Å². The molecule has 1 saturated heterocycles. The highest BCUT2D eigenvalue weighted by Crippen LogP contribution is 2.11. The van der Waals surface area contributed by atoms with Crippen molar-refractivity contribution < 1.29 is 9.59 Å². The van der Waals surface area contributed by atoms with E-state index in [9.17, 15) is 9.59 Å². The number of piperazine rings is 1. The van der Waals surface area contributed by atoms with Crippen molar-refractivity contribution in [2.24, 2.45) is 5.92 Å². The average Bonchev–Trinajstić information content (AvgIpc) is 2.54. The molecule has 25 heavy (non-hydrogen) atoms. The fraction of sp³-hybridized carbons (Fsp3) is 0.611. The van der Waals surface area contributed by atoms with Gasteiger partial charge in [-0.3, -0.25) is 14.5 Å². The smallest absolute Gasteiger partial charge is 0.237 e. The Morgan fingerprint density at radius 1 is 1.44 bits per heavy atom. The van der Waals surface area contributed by atoms with Crippen LogP contribution in [0.1, 0.15) is 25.8 Å². The highest BCUT2D eigenvalue weighted by Gasteiger charge is 2.31. The van der Waals surface area contributed by atoms with Gasteiger partial charge in [-0.05, 0) is 30.5 Å².